The Labute approximate surface area is 230 Å². The van der Waals surface area contributed by atoms with E-state index < -0.39 is 0 Å². The Morgan fingerprint density at radius 3 is 1.30 bits per heavy atom. The van der Waals surface area contributed by atoms with Crippen molar-refractivity contribution in [2.75, 3.05) is 0 Å². The molecule has 37 heavy (non-hydrogen) atoms. The number of hydrogen-bond acceptors (Lipinski definition) is 0. The maximum atomic E-state index is 2.47. The molecule has 0 aliphatic heterocycles. The molecule has 5 aromatic rings. The molecule has 0 atom stereocenters. The van der Waals surface area contributed by atoms with Crippen molar-refractivity contribution in [3.05, 3.63) is 71.8 Å². The van der Waals surface area contributed by atoms with Crippen LogP contribution in [0, 0.1) is 0 Å². The standard InChI is InChI=1S/C36H44Se/c1-3-5-7-9-11-13-15-27-17-21-31-29(25-27)19-23-33-34-24-20-30-26-28(16-14-12-10-8-6-4-2)18-22-32(30)36(34)37-35(31)33/h17-26H,3-16H2,1-2H3. The van der Waals surface area contributed by atoms with Gasteiger partial charge >= 0.3 is 217 Å². The first kappa shape index (κ1) is 26.5. The molecule has 0 saturated carbocycles. The van der Waals surface area contributed by atoms with Crippen molar-refractivity contribution in [1.82, 2.24) is 0 Å². The van der Waals surface area contributed by atoms with E-state index in [4.69, 9.17) is 0 Å². The van der Waals surface area contributed by atoms with Crippen LogP contribution in [0.25, 0.3) is 40.8 Å². The summed E-state index contributed by atoms with van der Waals surface area (Å²) in [5, 5.41) is 8.78. The monoisotopic (exact) mass is 556 g/mol. The molecule has 0 nitrogen and oxygen atoms in total. The van der Waals surface area contributed by atoms with Gasteiger partial charge in [0.2, 0.25) is 0 Å². The zero-order chi connectivity index (χ0) is 25.5. The molecule has 0 aliphatic rings. The second-order valence-electron chi connectivity index (χ2n) is 11.1. The van der Waals surface area contributed by atoms with Crippen LogP contribution in [-0.4, -0.2) is 14.5 Å². The molecule has 0 spiro atoms. The van der Waals surface area contributed by atoms with Crippen molar-refractivity contribution in [2.24, 2.45) is 0 Å². The van der Waals surface area contributed by atoms with E-state index in [1.54, 1.807) is 8.52 Å². The normalized spacial score (nSPS) is 11.9. The van der Waals surface area contributed by atoms with Crippen LogP contribution >= 0.6 is 0 Å². The zero-order valence-corrected chi connectivity index (χ0v) is 24.8. The molecule has 0 unspecified atom stereocenters. The van der Waals surface area contributed by atoms with Crippen molar-refractivity contribution in [1.29, 1.82) is 0 Å². The van der Waals surface area contributed by atoms with E-state index in [9.17, 15) is 0 Å². The van der Waals surface area contributed by atoms with Crippen molar-refractivity contribution >= 4 is 55.3 Å². The predicted molar refractivity (Wildman–Crippen MR) is 168 cm³/mol. The van der Waals surface area contributed by atoms with E-state index >= 15 is 0 Å². The molecule has 1 heterocycles. The number of unbranched alkanes of at least 4 members (excludes halogenated alkanes) is 10. The zero-order valence-electron chi connectivity index (χ0n) is 23.1. The van der Waals surface area contributed by atoms with Gasteiger partial charge < -0.3 is 0 Å². The van der Waals surface area contributed by atoms with Gasteiger partial charge in [-0.05, 0) is 0 Å². The summed E-state index contributed by atoms with van der Waals surface area (Å²) in [5.74, 6) is 0. The molecule has 1 heteroatoms. The molecule has 4 aromatic carbocycles. The number of hydrogen-bond donors (Lipinski definition) is 0. The first-order chi connectivity index (χ1) is 18.3. The van der Waals surface area contributed by atoms with Crippen LogP contribution in [0.3, 0.4) is 0 Å². The SMILES string of the molecule is CCCCCCCCc1ccc2c(ccc3c4ccc5cc(CCCCCCCC)ccc5c4[se]c23)c1. The molecule has 1 aromatic heterocycles. The molecule has 0 amide bonds. The average molecular weight is 556 g/mol. The molecule has 0 radical (unpaired) electrons. The van der Waals surface area contributed by atoms with Crippen molar-refractivity contribution in [3.8, 4) is 0 Å². The third-order valence-corrected chi connectivity index (χ3v) is 10.9. The summed E-state index contributed by atoms with van der Waals surface area (Å²) in [7, 11) is 0. The summed E-state index contributed by atoms with van der Waals surface area (Å²) in [5.41, 5.74) is 3.02. The van der Waals surface area contributed by atoms with Crippen LogP contribution in [0.5, 0.6) is 0 Å². The first-order valence-corrected chi connectivity index (χ1v) is 16.8. The van der Waals surface area contributed by atoms with E-state index in [1.807, 2.05) is 0 Å². The van der Waals surface area contributed by atoms with Crippen LogP contribution in [0.15, 0.2) is 60.7 Å². The molecule has 194 valence electrons. The van der Waals surface area contributed by atoms with Crippen molar-refractivity contribution in [2.45, 2.75) is 104 Å². The van der Waals surface area contributed by atoms with Gasteiger partial charge in [0.1, 0.15) is 0 Å². The molecule has 0 fully saturated rings. The Bertz CT molecular complexity index is 1340. The summed E-state index contributed by atoms with van der Waals surface area (Å²) < 4.78 is 3.18. The maximum absolute atomic E-state index is 2.47. The minimum absolute atomic E-state index is 0.366. The van der Waals surface area contributed by atoms with Crippen LogP contribution < -0.4 is 0 Å². The van der Waals surface area contributed by atoms with Gasteiger partial charge in [-0.3, -0.25) is 0 Å². The van der Waals surface area contributed by atoms with Gasteiger partial charge in [0.05, 0.1) is 0 Å². The Morgan fingerprint density at radius 2 is 0.838 bits per heavy atom. The Kier molecular flexibility index (Phi) is 9.41. The fraction of sp³-hybridized carbons (Fsp3) is 0.444. The molecule has 0 aliphatic carbocycles. The predicted octanol–water partition coefficient (Wildman–Crippen LogP) is 11.2. The third kappa shape index (κ3) is 6.32. The molecular weight excluding hydrogens is 511 g/mol. The summed E-state index contributed by atoms with van der Waals surface area (Å²) in [6, 6.07) is 24.1. The Hall–Kier alpha value is -2.08. The van der Waals surface area contributed by atoms with Gasteiger partial charge in [-0.25, -0.2) is 0 Å². The minimum atomic E-state index is 0.366. The van der Waals surface area contributed by atoms with E-state index in [0.717, 1.165) is 0 Å². The van der Waals surface area contributed by atoms with Gasteiger partial charge in [-0.15, -0.1) is 0 Å². The van der Waals surface area contributed by atoms with E-state index in [0.29, 0.717) is 14.5 Å². The van der Waals surface area contributed by atoms with E-state index in [2.05, 4.69) is 74.5 Å². The summed E-state index contributed by atoms with van der Waals surface area (Å²) in [6.45, 7) is 4.59. The molecule has 0 N–H and O–H groups in total. The molecular formula is C36H44Se. The fourth-order valence-electron chi connectivity index (χ4n) is 5.98. The quantitative estimate of drug-likeness (QED) is 0.0944. The summed E-state index contributed by atoms with van der Waals surface area (Å²) in [6.07, 6.45) is 18.8. The molecule has 0 bridgehead atoms. The Morgan fingerprint density at radius 1 is 0.432 bits per heavy atom. The average Bonchev–Trinajstić information content (AvgIpc) is 3.32. The Balaban J connectivity index is 1.34. The summed E-state index contributed by atoms with van der Waals surface area (Å²) in [4.78, 5) is 0. The number of aryl methyl sites for hydroxylation is 2. The molecule has 5 rings (SSSR count). The number of fused-ring (bicyclic) bond motifs is 7. The van der Waals surface area contributed by atoms with Crippen molar-refractivity contribution < 1.29 is 0 Å². The van der Waals surface area contributed by atoms with E-state index in [1.165, 1.54) is 133 Å². The van der Waals surface area contributed by atoms with Crippen LogP contribution in [0.4, 0.5) is 0 Å². The first-order valence-electron chi connectivity index (χ1n) is 15.1. The van der Waals surface area contributed by atoms with Gasteiger partial charge in [0.25, 0.3) is 0 Å². The van der Waals surface area contributed by atoms with E-state index in [-0.39, 0.29) is 0 Å². The second-order valence-corrected chi connectivity index (χ2v) is 13.3. The third-order valence-electron chi connectivity index (χ3n) is 8.20. The number of benzene rings is 4. The molecule has 0 saturated heterocycles. The van der Waals surface area contributed by atoms with Crippen LogP contribution in [0.2, 0.25) is 0 Å². The van der Waals surface area contributed by atoms with Crippen LogP contribution in [0.1, 0.15) is 102 Å². The second kappa shape index (κ2) is 13.1. The van der Waals surface area contributed by atoms with Gasteiger partial charge in [0.15, 0.2) is 0 Å². The number of rotatable bonds is 14. The van der Waals surface area contributed by atoms with Gasteiger partial charge in [-0.2, -0.15) is 0 Å². The van der Waals surface area contributed by atoms with Crippen molar-refractivity contribution in [3.63, 3.8) is 0 Å². The van der Waals surface area contributed by atoms with Gasteiger partial charge in [-0.1, -0.05) is 13.8 Å². The fourth-order valence-corrected chi connectivity index (χ4v) is 8.86. The van der Waals surface area contributed by atoms with Gasteiger partial charge in [0, 0.05) is 0 Å². The van der Waals surface area contributed by atoms with Crippen LogP contribution in [-0.2, 0) is 12.8 Å². The topological polar surface area (TPSA) is 0 Å². The summed E-state index contributed by atoms with van der Waals surface area (Å²) >= 11 is 0.366.